The van der Waals surface area contributed by atoms with Gasteiger partial charge in [0, 0.05) is 6.08 Å². The number of benzene rings is 1. The molecule has 0 aromatic heterocycles. The van der Waals surface area contributed by atoms with Crippen molar-refractivity contribution in [2.45, 2.75) is 39.5 Å². The molecule has 0 aliphatic carbocycles. The summed E-state index contributed by atoms with van der Waals surface area (Å²) in [6.07, 6.45) is 1.67. The Hall–Kier alpha value is -2.30. The molecule has 0 fully saturated rings. The highest BCUT2D eigenvalue weighted by atomic mass is 16.5. The number of hydrogen-bond donors (Lipinski definition) is 1. The molecule has 126 valence electrons. The van der Waals surface area contributed by atoms with E-state index in [1.165, 1.54) is 0 Å². The molecule has 0 saturated heterocycles. The second-order valence-corrected chi connectivity index (χ2v) is 6.19. The number of ketones is 1. The molecule has 0 spiro atoms. The lowest BCUT2D eigenvalue weighted by atomic mass is 9.86. The number of carbonyl (C=O) groups excluding carboxylic acids is 2. The fourth-order valence-electron chi connectivity index (χ4n) is 1.90. The summed E-state index contributed by atoms with van der Waals surface area (Å²) in [5.74, 6) is -1.81. The first-order chi connectivity index (χ1) is 10.7. The zero-order chi connectivity index (χ0) is 17.6. The molecule has 0 radical (unpaired) electrons. The fourth-order valence-corrected chi connectivity index (χ4v) is 1.90. The van der Waals surface area contributed by atoms with Crippen LogP contribution in [0.25, 0.3) is 5.76 Å². The molecule has 1 N–H and O–H groups in total. The van der Waals surface area contributed by atoms with E-state index in [1.54, 1.807) is 12.1 Å². The zero-order valence-corrected chi connectivity index (χ0v) is 14.3. The van der Waals surface area contributed by atoms with Crippen LogP contribution in [-0.2, 0) is 19.7 Å². The van der Waals surface area contributed by atoms with Gasteiger partial charge in [-0.2, -0.15) is 0 Å². The van der Waals surface area contributed by atoms with Gasteiger partial charge in [-0.1, -0.05) is 33.8 Å². The quantitative estimate of drug-likeness (QED) is 0.376. The van der Waals surface area contributed by atoms with Gasteiger partial charge in [0.1, 0.15) is 11.5 Å². The number of ether oxygens (including phenoxy) is 2. The average molecular weight is 320 g/mol. The first kappa shape index (κ1) is 18.7. The molecule has 0 aliphatic heterocycles. The highest BCUT2D eigenvalue weighted by molar-refractivity contribution is 6.39. The van der Waals surface area contributed by atoms with Crippen LogP contribution in [0.3, 0.4) is 0 Å². The van der Waals surface area contributed by atoms with Crippen molar-refractivity contribution in [3.05, 3.63) is 35.4 Å². The summed E-state index contributed by atoms with van der Waals surface area (Å²) in [4.78, 5) is 22.8. The Kier molecular flexibility index (Phi) is 6.37. The maximum absolute atomic E-state index is 11.6. The van der Waals surface area contributed by atoms with Crippen LogP contribution in [0.1, 0.15) is 45.2 Å². The number of hydrogen-bond acceptors (Lipinski definition) is 5. The highest BCUT2D eigenvalue weighted by Gasteiger charge is 2.19. The standard InChI is InChI=1S/C18H24O5/c1-6-9-23-16-8-7-12(18(2,3)4)10-13(16)14(19)11-15(20)17(21)22-5/h7-8,10-11,19H,6,9H2,1-5H3/b14-11-. The molecule has 0 aliphatic rings. The molecule has 0 bridgehead atoms. The van der Waals surface area contributed by atoms with Gasteiger partial charge in [-0.3, -0.25) is 4.79 Å². The minimum atomic E-state index is -1.03. The van der Waals surface area contributed by atoms with E-state index in [0.29, 0.717) is 17.9 Å². The van der Waals surface area contributed by atoms with Crippen molar-refractivity contribution >= 4 is 17.5 Å². The second kappa shape index (κ2) is 7.81. The molecular weight excluding hydrogens is 296 g/mol. The molecule has 1 aromatic rings. The summed E-state index contributed by atoms with van der Waals surface area (Å²) in [6.45, 7) is 8.58. The van der Waals surface area contributed by atoms with Crippen LogP contribution in [0.15, 0.2) is 24.3 Å². The Bertz CT molecular complexity index is 608. The van der Waals surface area contributed by atoms with Gasteiger partial charge in [-0.25, -0.2) is 4.79 Å². The molecule has 5 nitrogen and oxygen atoms in total. The minimum Gasteiger partial charge on any atom is -0.507 e. The van der Waals surface area contributed by atoms with Crippen molar-refractivity contribution in [2.75, 3.05) is 13.7 Å². The van der Waals surface area contributed by atoms with E-state index >= 15 is 0 Å². The largest absolute Gasteiger partial charge is 0.507 e. The molecule has 0 unspecified atom stereocenters. The maximum Gasteiger partial charge on any atom is 0.378 e. The number of rotatable bonds is 6. The zero-order valence-electron chi connectivity index (χ0n) is 14.3. The van der Waals surface area contributed by atoms with Crippen molar-refractivity contribution in [2.24, 2.45) is 0 Å². The van der Waals surface area contributed by atoms with E-state index in [-0.39, 0.29) is 11.2 Å². The number of methoxy groups -OCH3 is 1. The fraction of sp³-hybridized carbons (Fsp3) is 0.444. The second-order valence-electron chi connectivity index (χ2n) is 6.19. The van der Waals surface area contributed by atoms with Crippen molar-refractivity contribution in [1.29, 1.82) is 0 Å². The van der Waals surface area contributed by atoms with Gasteiger partial charge in [-0.15, -0.1) is 0 Å². The topological polar surface area (TPSA) is 72.8 Å². The predicted octanol–water partition coefficient (Wildman–Crippen LogP) is 3.41. The molecule has 1 rings (SSSR count). The lowest BCUT2D eigenvalue weighted by Gasteiger charge is -2.21. The van der Waals surface area contributed by atoms with Crippen molar-refractivity contribution in [1.82, 2.24) is 0 Å². The predicted molar refractivity (Wildman–Crippen MR) is 88.6 cm³/mol. The van der Waals surface area contributed by atoms with Gasteiger partial charge < -0.3 is 14.6 Å². The third kappa shape index (κ3) is 5.13. The van der Waals surface area contributed by atoms with E-state index in [2.05, 4.69) is 4.74 Å². The smallest absolute Gasteiger partial charge is 0.378 e. The third-order valence-electron chi connectivity index (χ3n) is 3.24. The summed E-state index contributed by atoms with van der Waals surface area (Å²) >= 11 is 0. The van der Waals surface area contributed by atoms with Gasteiger partial charge >= 0.3 is 5.97 Å². The lowest BCUT2D eigenvalue weighted by Crippen LogP contribution is -2.14. The first-order valence-electron chi connectivity index (χ1n) is 7.51. The van der Waals surface area contributed by atoms with Crippen molar-refractivity contribution < 1.29 is 24.2 Å². The molecule has 0 amide bonds. The number of carbonyl (C=O) groups is 2. The average Bonchev–Trinajstić information content (AvgIpc) is 2.50. The van der Waals surface area contributed by atoms with E-state index in [1.807, 2.05) is 33.8 Å². The van der Waals surface area contributed by atoms with E-state index < -0.39 is 11.8 Å². The third-order valence-corrected chi connectivity index (χ3v) is 3.24. The lowest BCUT2D eigenvalue weighted by molar-refractivity contribution is -0.149. The molecule has 0 heterocycles. The molecule has 23 heavy (non-hydrogen) atoms. The van der Waals surface area contributed by atoms with Gasteiger partial charge in [-0.05, 0) is 29.5 Å². The SMILES string of the molecule is CCCOc1ccc(C(C)(C)C)cc1/C(O)=C/C(=O)C(=O)OC. The molecule has 1 aromatic carbocycles. The highest BCUT2D eigenvalue weighted by Crippen LogP contribution is 2.31. The Morgan fingerprint density at radius 2 is 1.91 bits per heavy atom. The Balaban J connectivity index is 3.30. The van der Waals surface area contributed by atoms with Crippen LogP contribution in [0.4, 0.5) is 0 Å². The normalized spacial score (nSPS) is 12.0. The Morgan fingerprint density at radius 1 is 1.26 bits per heavy atom. The number of aliphatic hydroxyl groups excluding tert-OH is 1. The summed E-state index contributed by atoms with van der Waals surface area (Å²) in [5, 5.41) is 10.3. The van der Waals surface area contributed by atoms with Crippen LogP contribution in [-0.4, -0.2) is 30.6 Å². The minimum absolute atomic E-state index is 0.134. The Labute approximate surface area is 136 Å². The molecule has 0 atom stereocenters. The van der Waals surface area contributed by atoms with Gasteiger partial charge in [0.2, 0.25) is 0 Å². The first-order valence-corrected chi connectivity index (χ1v) is 7.51. The molecule has 0 saturated carbocycles. The monoisotopic (exact) mass is 320 g/mol. The van der Waals surface area contributed by atoms with Crippen LogP contribution < -0.4 is 4.74 Å². The van der Waals surface area contributed by atoms with E-state index in [9.17, 15) is 14.7 Å². The molecule has 5 heteroatoms. The summed E-state index contributed by atoms with van der Waals surface area (Å²) in [6, 6.07) is 5.45. The van der Waals surface area contributed by atoms with Gasteiger partial charge in [0.05, 0.1) is 19.3 Å². The van der Waals surface area contributed by atoms with E-state index in [4.69, 9.17) is 4.74 Å². The van der Waals surface area contributed by atoms with Crippen LogP contribution in [0.5, 0.6) is 5.75 Å². The number of aliphatic hydroxyl groups is 1. The van der Waals surface area contributed by atoms with Gasteiger partial charge in [0.25, 0.3) is 5.78 Å². The van der Waals surface area contributed by atoms with Crippen molar-refractivity contribution in [3.8, 4) is 5.75 Å². The summed E-state index contributed by atoms with van der Waals surface area (Å²) in [7, 11) is 1.11. The van der Waals surface area contributed by atoms with Crippen LogP contribution in [0.2, 0.25) is 0 Å². The summed E-state index contributed by atoms with van der Waals surface area (Å²) < 4.78 is 9.96. The molecular formula is C18H24O5. The van der Waals surface area contributed by atoms with E-state index in [0.717, 1.165) is 25.2 Å². The van der Waals surface area contributed by atoms with Gasteiger partial charge in [0.15, 0.2) is 0 Å². The maximum atomic E-state index is 11.6. The Morgan fingerprint density at radius 3 is 2.43 bits per heavy atom. The van der Waals surface area contributed by atoms with Crippen molar-refractivity contribution in [3.63, 3.8) is 0 Å². The summed E-state index contributed by atoms with van der Waals surface area (Å²) in [5.41, 5.74) is 1.22. The van der Waals surface area contributed by atoms with Crippen LogP contribution in [0, 0.1) is 0 Å². The number of esters is 1. The van der Waals surface area contributed by atoms with Crippen LogP contribution >= 0.6 is 0 Å².